The summed E-state index contributed by atoms with van der Waals surface area (Å²) < 4.78 is 16.8. The first-order valence-corrected chi connectivity index (χ1v) is 8.22. The highest BCUT2D eigenvalue weighted by atomic mass is 127. The van der Waals surface area contributed by atoms with E-state index in [0.29, 0.717) is 22.8 Å². The highest BCUT2D eigenvalue weighted by Gasteiger charge is 2.17. The number of nitrogens with one attached hydrogen (secondary N) is 1. The van der Waals surface area contributed by atoms with Gasteiger partial charge in [-0.1, -0.05) is 17.7 Å². The Hall–Kier alpha value is -2.01. The van der Waals surface area contributed by atoms with Crippen LogP contribution in [0.1, 0.15) is 16.1 Å². The smallest absolute Gasteiger partial charge is 0.277 e. The van der Waals surface area contributed by atoms with E-state index in [4.69, 9.17) is 11.6 Å². The van der Waals surface area contributed by atoms with Gasteiger partial charge in [0.15, 0.2) is 0 Å². The lowest BCUT2D eigenvalue weighted by Gasteiger charge is -2.04. The number of amides is 1. The maximum atomic E-state index is 13.1. The summed E-state index contributed by atoms with van der Waals surface area (Å²) in [4.78, 5) is 16.3. The first-order valence-electron chi connectivity index (χ1n) is 6.76. The van der Waals surface area contributed by atoms with Crippen LogP contribution >= 0.6 is 34.2 Å². The van der Waals surface area contributed by atoms with Crippen LogP contribution in [0.2, 0.25) is 5.02 Å². The topological polar surface area (TPSA) is 77.6 Å². The predicted molar refractivity (Wildman–Crippen MR) is 94.4 cm³/mol. The Labute approximate surface area is 155 Å². The van der Waals surface area contributed by atoms with Crippen molar-refractivity contribution >= 4 is 46.0 Å². The number of benzene rings is 1. The third-order valence-electron chi connectivity index (χ3n) is 3.22. The van der Waals surface area contributed by atoms with E-state index in [0.717, 1.165) is 3.57 Å². The Kier molecular flexibility index (Phi) is 4.81. The maximum absolute atomic E-state index is 13.1. The lowest BCUT2D eigenvalue weighted by atomic mass is 10.2. The SMILES string of the molecule is Cn1ncc(I)c1C(=O)Nc1ncn(Cc2ccc(F)cc2Cl)n1. The molecule has 0 aliphatic carbocycles. The highest BCUT2D eigenvalue weighted by Crippen LogP contribution is 2.18. The summed E-state index contributed by atoms with van der Waals surface area (Å²) in [7, 11) is 1.68. The third-order valence-corrected chi connectivity index (χ3v) is 4.36. The van der Waals surface area contributed by atoms with Gasteiger partial charge in [0.25, 0.3) is 5.91 Å². The van der Waals surface area contributed by atoms with E-state index < -0.39 is 5.82 Å². The van der Waals surface area contributed by atoms with Gasteiger partial charge in [0.05, 0.1) is 16.3 Å². The molecule has 7 nitrogen and oxygen atoms in total. The number of anilines is 1. The van der Waals surface area contributed by atoms with Crippen molar-refractivity contribution in [1.29, 1.82) is 0 Å². The van der Waals surface area contributed by atoms with Crippen molar-refractivity contribution in [2.24, 2.45) is 7.05 Å². The molecule has 0 atom stereocenters. The average Bonchev–Trinajstić information content (AvgIpc) is 3.08. The zero-order chi connectivity index (χ0) is 17.3. The number of aromatic nitrogens is 5. The summed E-state index contributed by atoms with van der Waals surface area (Å²) in [6.07, 6.45) is 3.06. The Morgan fingerprint density at radius 3 is 2.92 bits per heavy atom. The van der Waals surface area contributed by atoms with Gasteiger partial charge in [-0.25, -0.2) is 14.1 Å². The normalized spacial score (nSPS) is 10.8. The van der Waals surface area contributed by atoms with Crippen molar-refractivity contribution in [1.82, 2.24) is 24.5 Å². The number of hydrogen-bond donors (Lipinski definition) is 1. The molecule has 0 aliphatic rings. The molecule has 1 N–H and O–H groups in total. The Morgan fingerprint density at radius 2 is 2.25 bits per heavy atom. The molecule has 0 unspecified atom stereocenters. The molecule has 124 valence electrons. The number of carbonyl (C=O) groups excluding carboxylic acids is 1. The minimum absolute atomic E-state index is 0.162. The second kappa shape index (κ2) is 6.85. The lowest BCUT2D eigenvalue weighted by Crippen LogP contribution is -2.18. The third kappa shape index (κ3) is 3.56. The van der Waals surface area contributed by atoms with Gasteiger partial charge in [-0.3, -0.25) is 14.8 Å². The van der Waals surface area contributed by atoms with Crippen LogP contribution in [0.4, 0.5) is 10.3 Å². The minimum atomic E-state index is -0.402. The van der Waals surface area contributed by atoms with Gasteiger partial charge in [0.1, 0.15) is 17.8 Å². The van der Waals surface area contributed by atoms with Gasteiger partial charge >= 0.3 is 0 Å². The molecular formula is C14H11ClFIN6O. The van der Waals surface area contributed by atoms with Crippen molar-refractivity contribution < 1.29 is 9.18 Å². The molecule has 24 heavy (non-hydrogen) atoms. The molecule has 10 heteroatoms. The fraction of sp³-hybridized carbons (Fsp3) is 0.143. The quantitative estimate of drug-likeness (QED) is 0.608. The van der Waals surface area contributed by atoms with E-state index in [1.165, 1.54) is 27.8 Å². The van der Waals surface area contributed by atoms with Crippen molar-refractivity contribution in [2.75, 3.05) is 5.32 Å². The fourth-order valence-corrected chi connectivity index (χ4v) is 3.03. The van der Waals surface area contributed by atoms with E-state index in [9.17, 15) is 9.18 Å². The lowest BCUT2D eigenvalue weighted by molar-refractivity contribution is 0.101. The summed E-state index contributed by atoms with van der Waals surface area (Å²) in [5.74, 6) is -0.590. The van der Waals surface area contributed by atoms with Crippen LogP contribution in [0.3, 0.4) is 0 Å². The van der Waals surface area contributed by atoms with Gasteiger partial charge in [-0.05, 0) is 40.3 Å². The Balaban J connectivity index is 1.73. The molecule has 0 saturated heterocycles. The van der Waals surface area contributed by atoms with Crippen molar-refractivity contribution in [3.05, 3.63) is 56.4 Å². The Bertz CT molecular complexity index is 889. The molecule has 0 aliphatic heterocycles. The molecule has 2 heterocycles. The summed E-state index contributed by atoms with van der Waals surface area (Å²) in [6, 6.07) is 4.14. The first-order chi connectivity index (χ1) is 11.4. The van der Waals surface area contributed by atoms with E-state index in [2.05, 4.69) is 20.5 Å². The predicted octanol–water partition coefficient (Wildman–Crippen LogP) is 2.71. The molecule has 0 bridgehead atoms. The van der Waals surface area contributed by atoms with Crippen molar-refractivity contribution in [3.63, 3.8) is 0 Å². The number of aryl methyl sites for hydroxylation is 1. The highest BCUT2D eigenvalue weighted by molar-refractivity contribution is 14.1. The van der Waals surface area contributed by atoms with Crippen LogP contribution in [-0.4, -0.2) is 30.5 Å². The van der Waals surface area contributed by atoms with E-state index in [1.807, 2.05) is 22.6 Å². The van der Waals surface area contributed by atoms with Crippen LogP contribution in [0.15, 0.2) is 30.7 Å². The molecule has 0 saturated carbocycles. The number of carbonyl (C=O) groups is 1. The average molecular weight is 461 g/mol. The molecule has 2 aromatic heterocycles. The second-order valence-electron chi connectivity index (χ2n) is 4.92. The molecular weight excluding hydrogens is 450 g/mol. The number of nitrogens with zero attached hydrogens (tertiary/aromatic N) is 5. The van der Waals surface area contributed by atoms with Gasteiger partial charge < -0.3 is 0 Å². The minimum Gasteiger partial charge on any atom is -0.288 e. The van der Waals surface area contributed by atoms with Gasteiger partial charge in [0, 0.05) is 12.1 Å². The zero-order valence-corrected chi connectivity index (χ0v) is 15.3. The number of halogens is 3. The monoisotopic (exact) mass is 460 g/mol. The first kappa shape index (κ1) is 16.8. The molecule has 0 spiro atoms. The summed E-state index contributed by atoms with van der Waals surface area (Å²) in [5.41, 5.74) is 1.12. The molecule has 0 radical (unpaired) electrons. The Morgan fingerprint density at radius 1 is 1.46 bits per heavy atom. The van der Waals surface area contributed by atoms with Gasteiger partial charge in [-0.15, -0.1) is 5.10 Å². The molecule has 3 aromatic rings. The van der Waals surface area contributed by atoms with Gasteiger partial charge in [0.2, 0.25) is 5.95 Å². The summed E-state index contributed by atoms with van der Waals surface area (Å²) in [6.45, 7) is 0.311. The fourth-order valence-electron chi connectivity index (χ4n) is 2.08. The van der Waals surface area contributed by atoms with Crippen molar-refractivity contribution in [2.45, 2.75) is 6.54 Å². The van der Waals surface area contributed by atoms with E-state index in [-0.39, 0.29) is 11.9 Å². The molecule has 1 aromatic carbocycles. The standard InChI is InChI=1S/C14H11ClFIN6O/c1-22-12(11(17)5-19-22)13(24)20-14-18-7-23(21-14)6-8-2-3-9(16)4-10(8)15/h2-5,7H,6H2,1H3,(H,20,21,24). The number of hydrogen-bond acceptors (Lipinski definition) is 4. The maximum Gasteiger partial charge on any atom is 0.277 e. The van der Waals surface area contributed by atoms with E-state index in [1.54, 1.807) is 19.3 Å². The molecule has 3 rings (SSSR count). The van der Waals surface area contributed by atoms with Crippen molar-refractivity contribution in [3.8, 4) is 0 Å². The molecule has 1 amide bonds. The number of rotatable bonds is 4. The van der Waals surface area contributed by atoms with Crippen LogP contribution in [0.5, 0.6) is 0 Å². The van der Waals surface area contributed by atoms with Crippen LogP contribution in [0.25, 0.3) is 0 Å². The van der Waals surface area contributed by atoms with Gasteiger partial charge in [-0.2, -0.15) is 5.10 Å². The van der Waals surface area contributed by atoms with E-state index >= 15 is 0 Å². The summed E-state index contributed by atoms with van der Waals surface area (Å²) in [5, 5.41) is 11.1. The second-order valence-corrected chi connectivity index (χ2v) is 6.49. The largest absolute Gasteiger partial charge is 0.288 e. The van der Waals surface area contributed by atoms with Crippen LogP contribution in [0, 0.1) is 9.39 Å². The van der Waals surface area contributed by atoms with Crippen LogP contribution < -0.4 is 5.32 Å². The molecule has 0 fully saturated rings. The summed E-state index contributed by atoms with van der Waals surface area (Å²) >= 11 is 8.02. The van der Waals surface area contributed by atoms with Crippen LogP contribution in [-0.2, 0) is 13.6 Å². The zero-order valence-electron chi connectivity index (χ0n) is 12.4.